The van der Waals surface area contributed by atoms with E-state index < -0.39 is 0 Å². The van der Waals surface area contributed by atoms with Crippen LogP contribution in [-0.2, 0) is 9.59 Å². The van der Waals surface area contributed by atoms with Crippen LogP contribution in [0.2, 0.25) is 0 Å². The highest BCUT2D eigenvalue weighted by molar-refractivity contribution is 6.04. The fourth-order valence-electron chi connectivity index (χ4n) is 1.99. The fraction of sp³-hybridized carbons (Fsp3) is 0.500. The van der Waals surface area contributed by atoms with Crippen molar-refractivity contribution in [3.63, 3.8) is 0 Å². The summed E-state index contributed by atoms with van der Waals surface area (Å²) in [5.74, 6) is -0.259. The molecule has 110 valence electrons. The average molecular weight is 276 g/mol. The lowest BCUT2D eigenvalue weighted by molar-refractivity contribution is -0.134. The van der Waals surface area contributed by atoms with Crippen LogP contribution in [-0.4, -0.2) is 36.9 Å². The highest BCUT2D eigenvalue weighted by Crippen LogP contribution is 2.14. The van der Waals surface area contributed by atoms with E-state index in [0.29, 0.717) is 13.1 Å². The molecule has 1 aromatic carbocycles. The van der Waals surface area contributed by atoms with Gasteiger partial charge in [0.25, 0.3) is 0 Å². The van der Waals surface area contributed by atoms with E-state index >= 15 is 0 Å². The number of carbonyl (C=O) groups is 2. The van der Waals surface area contributed by atoms with Crippen molar-refractivity contribution in [2.75, 3.05) is 25.0 Å². The van der Waals surface area contributed by atoms with Crippen molar-refractivity contribution >= 4 is 17.5 Å². The zero-order valence-electron chi connectivity index (χ0n) is 12.6. The van der Waals surface area contributed by atoms with E-state index in [-0.39, 0.29) is 18.2 Å². The van der Waals surface area contributed by atoms with Crippen LogP contribution in [0, 0.1) is 0 Å². The predicted octanol–water partition coefficient (Wildman–Crippen LogP) is 2.69. The maximum absolute atomic E-state index is 12.2. The van der Waals surface area contributed by atoms with E-state index in [1.54, 1.807) is 16.8 Å². The van der Waals surface area contributed by atoms with Crippen molar-refractivity contribution in [2.45, 2.75) is 33.1 Å². The molecule has 0 saturated carbocycles. The predicted molar refractivity (Wildman–Crippen MR) is 81.6 cm³/mol. The number of rotatable bonds is 7. The summed E-state index contributed by atoms with van der Waals surface area (Å²) in [6.45, 7) is 5.27. The molecule has 0 aliphatic rings. The monoisotopic (exact) mass is 276 g/mol. The van der Waals surface area contributed by atoms with Crippen LogP contribution in [0.25, 0.3) is 0 Å². The first-order valence-electron chi connectivity index (χ1n) is 7.19. The third-order valence-corrected chi connectivity index (χ3v) is 3.26. The fourth-order valence-corrected chi connectivity index (χ4v) is 1.99. The molecule has 4 heteroatoms. The van der Waals surface area contributed by atoms with Crippen LogP contribution in [0.15, 0.2) is 30.3 Å². The molecule has 0 saturated heterocycles. The molecule has 1 rings (SSSR count). The van der Waals surface area contributed by atoms with Gasteiger partial charge < -0.3 is 9.80 Å². The van der Waals surface area contributed by atoms with Gasteiger partial charge in [0.15, 0.2) is 0 Å². The lowest BCUT2D eigenvalue weighted by Crippen LogP contribution is -2.36. The smallest absolute Gasteiger partial charge is 0.236 e. The minimum Gasteiger partial charge on any atom is -0.345 e. The zero-order valence-corrected chi connectivity index (χ0v) is 12.6. The minimum atomic E-state index is -0.146. The van der Waals surface area contributed by atoms with Gasteiger partial charge in [0.05, 0.1) is 0 Å². The third kappa shape index (κ3) is 4.68. The van der Waals surface area contributed by atoms with Crippen molar-refractivity contribution in [2.24, 2.45) is 0 Å². The van der Waals surface area contributed by atoms with E-state index in [9.17, 15) is 9.59 Å². The molecule has 0 N–H and O–H groups in total. The number of hydrogen-bond acceptors (Lipinski definition) is 2. The number of benzene rings is 1. The second-order valence-corrected chi connectivity index (χ2v) is 4.82. The van der Waals surface area contributed by atoms with E-state index in [1.807, 2.05) is 37.3 Å². The maximum Gasteiger partial charge on any atom is 0.236 e. The molecule has 20 heavy (non-hydrogen) atoms. The number of anilines is 1. The lowest BCUT2D eigenvalue weighted by atomic mass is 10.2. The first kappa shape index (κ1) is 16.2. The largest absolute Gasteiger partial charge is 0.345 e. The summed E-state index contributed by atoms with van der Waals surface area (Å²) in [4.78, 5) is 27.5. The van der Waals surface area contributed by atoms with Crippen molar-refractivity contribution in [3.8, 4) is 0 Å². The van der Waals surface area contributed by atoms with E-state index in [4.69, 9.17) is 0 Å². The van der Waals surface area contributed by atoms with Crippen LogP contribution in [0.5, 0.6) is 0 Å². The molecule has 4 nitrogen and oxygen atoms in total. The summed E-state index contributed by atoms with van der Waals surface area (Å²) in [5.41, 5.74) is 0.837. The molecule has 0 aliphatic carbocycles. The van der Waals surface area contributed by atoms with Crippen molar-refractivity contribution in [1.29, 1.82) is 0 Å². The number of unbranched alkanes of at least 4 members (excludes halogenated alkanes) is 1. The van der Waals surface area contributed by atoms with E-state index in [0.717, 1.165) is 18.5 Å². The number of carbonyl (C=O) groups excluding carboxylic acids is 2. The Bertz CT molecular complexity index is 431. The first-order chi connectivity index (χ1) is 9.60. The van der Waals surface area contributed by atoms with Gasteiger partial charge in [-0.25, -0.2) is 0 Å². The Morgan fingerprint density at radius 1 is 1.05 bits per heavy atom. The lowest BCUT2D eigenvalue weighted by Gasteiger charge is -2.22. The quantitative estimate of drug-likeness (QED) is 0.718. The summed E-state index contributed by atoms with van der Waals surface area (Å²) in [7, 11) is 1.75. The van der Waals surface area contributed by atoms with Gasteiger partial charge in [-0.2, -0.15) is 0 Å². The van der Waals surface area contributed by atoms with Gasteiger partial charge >= 0.3 is 0 Å². The Morgan fingerprint density at radius 2 is 1.70 bits per heavy atom. The second kappa shape index (κ2) is 8.35. The third-order valence-electron chi connectivity index (χ3n) is 3.26. The Morgan fingerprint density at radius 3 is 2.25 bits per heavy atom. The Labute approximate surface area is 121 Å². The number of nitrogens with zero attached hydrogens (tertiary/aromatic N) is 2. The molecule has 0 radical (unpaired) electrons. The van der Waals surface area contributed by atoms with Gasteiger partial charge in [0.2, 0.25) is 11.8 Å². The SMILES string of the molecule is CCCCN(C)C(=O)CC(=O)N(CC)c1ccccc1. The van der Waals surface area contributed by atoms with Crippen molar-refractivity contribution < 1.29 is 9.59 Å². The van der Waals surface area contributed by atoms with Crippen LogP contribution in [0.1, 0.15) is 33.1 Å². The highest BCUT2D eigenvalue weighted by Gasteiger charge is 2.19. The normalized spacial score (nSPS) is 10.2. The Hall–Kier alpha value is -1.84. The van der Waals surface area contributed by atoms with Crippen LogP contribution in [0.4, 0.5) is 5.69 Å². The average Bonchev–Trinajstić information content (AvgIpc) is 2.46. The second-order valence-electron chi connectivity index (χ2n) is 4.82. The van der Waals surface area contributed by atoms with Gasteiger partial charge in [-0.15, -0.1) is 0 Å². The van der Waals surface area contributed by atoms with Crippen LogP contribution in [0.3, 0.4) is 0 Å². The number of para-hydroxylation sites is 1. The molecule has 2 amide bonds. The molecule has 0 aromatic heterocycles. The molecule has 1 aromatic rings. The summed E-state index contributed by atoms with van der Waals surface area (Å²) in [6.07, 6.45) is 1.94. The summed E-state index contributed by atoms with van der Waals surface area (Å²) in [5, 5.41) is 0. The molecule has 0 heterocycles. The molecular formula is C16H24N2O2. The topological polar surface area (TPSA) is 40.6 Å². The molecule has 0 unspecified atom stereocenters. The van der Waals surface area contributed by atoms with Gasteiger partial charge in [-0.1, -0.05) is 31.5 Å². The van der Waals surface area contributed by atoms with Gasteiger partial charge in [-0.05, 0) is 25.5 Å². The van der Waals surface area contributed by atoms with Gasteiger partial charge in [0.1, 0.15) is 6.42 Å². The van der Waals surface area contributed by atoms with E-state index in [2.05, 4.69) is 6.92 Å². The van der Waals surface area contributed by atoms with Gasteiger partial charge in [-0.3, -0.25) is 9.59 Å². The number of hydrogen-bond donors (Lipinski definition) is 0. The molecule has 0 bridgehead atoms. The van der Waals surface area contributed by atoms with Crippen LogP contribution < -0.4 is 4.90 Å². The molecule has 0 fully saturated rings. The molecule has 0 spiro atoms. The van der Waals surface area contributed by atoms with Gasteiger partial charge in [0, 0.05) is 25.8 Å². The van der Waals surface area contributed by atoms with Crippen molar-refractivity contribution in [3.05, 3.63) is 30.3 Å². The zero-order chi connectivity index (χ0) is 15.0. The maximum atomic E-state index is 12.2. The Kier molecular flexibility index (Phi) is 6.77. The highest BCUT2D eigenvalue weighted by atomic mass is 16.2. The number of amides is 2. The summed E-state index contributed by atoms with van der Waals surface area (Å²) in [6, 6.07) is 9.45. The minimum absolute atomic E-state index is 0.0665. The van der Waals surface area contributed by atoms with Crippen molar-refractivity contribution in [1.82, 2.24) is 4.90 Å². The first-order valence-corrected chi connectivity index (χ1v) is 7.19. The molecule has 0 aliphatic heterocycles. The standard InChI is InChI=1S/C16H24N2O2/c1-4-6-12-17(3)15(19)13-16(20)18(5-2)14-10-8-7-9-11-14/h7-11H,4-6,12-13H2,1-3H3. The van der Waals surface area contributed by atoms with E-state index in [1.165, 1.54) is 0 Å². The molecular weight excluding hydrogens is 252 g/mol. The van der Waals surface area contributed by atoms with Crippen LogP contribution >= 0.6 is 0 Å². The summed E-state index contributed by atoms with van der Waals surface area (Å²) >= 11 is 0. The Balaban J connectivity index is 2.62. The molecule has 0 atom stereocenters. The summed E-state index contributed by atoms with van der Waals surface area (Å²) < 4.78 is 0.